The van der Waals surface area contributed by atoms with E-state index in [0.29, 0.717) is 0 Å². The van der Waals surface area contributed by atoms with E-state index in [0.717, 1.165) is 0 Å². The Bertz CT molecular complexity index is 465. The summed E-state index contributed by atoms with van der Waals surface area (Å²) in [6, 6.07) is 17.2. The predicted molar refractivity (Wildman–Crippen MR) is 83.6 cm³/mol. The highest BCUT2D eigenvalue weighted by Gasteiger charge is 2.05. The van der Waals surface area contributed by atoms with Gasteiger partial charge in [-0.25, -0.2) is 0 Å². The molecule has 2 aromatic carbocycles. The van der Waals surface area contributed by atoms with Crippen molar-refractivity contribution in [3.63, 3.8) is 0 Å². The Morgan fingerprint density at radius 1 is 0.579 bits per heavy atom. The average Bonchev–Trinajstić information content (AvgIpc) is 2.68. The van der Waals surface area contributed by atoms with Crippen molar-refractivity contribution in [3.8, 4) is 0 Å². The first kappa shape index (κ1) is 13.9. The molecule has 2 aromatic rings. The predicted octanol–water partition coefficient (Wildman–Crippen LogP) is 5.26. The molecule has 0 fully saturated rings. The lowest BCUT2D eigenvalue weighted by molar-refractivity contribution is 0.711. The molecule has 0 radical (unpaired) electrons. The highest BCUT2D eigenvalue weighted by atomic mass is 14.1. The van der Waals surface area contributed by atoms with Gasteiger partial charge in [0, 0.05) is 0 Å². The first-order valence-electron chi connectivity index (χ1n) is 7.36. The zero-order chi connectivity index (χ0) is 13.5. The average molecular weight is 252 g/mol. The molecule has 0 spiro atoms. The molecule has 0 amide bonds. The minimum Gasteiger partial charge on any atom is -0.0620 e. The lowest BCUT2D eigenvalue weighted by atomic mass is 10.0. The molecule has 0 saturated carbocycles. The van der Waals surface area contributed by atoms with Gasteiger partial charge < -0.3 is 0 Å². The van der Waals surface area contributed by atoms with E-state index in [4.69, 9.17) is 0 Å². The van der Waals surface area contributed by atoms with Crippen LogP contribution in [0.2, 0.25) is 0 Å². The fourth-order valence-corrected chi connectivity index (χ4v) is 2.52. The van der Waals surface area contributed by atoms with E-state index < -0.39 is 0 Å². The van der Waals surface area contributed by atoms with Crippen LogP contribution >= 0.6 is 0 Å². The maximum absolute atomic E-state index is 2.28. The maximum Gasteiger partial charge on any atom is -0.0276 e. The van der Waals surface area contributed by atoms with E-state index in [1.165, 1.54) is 43.2 Å². The Hall–Kier alpha value is -1.56. The van der Waals surface area contributed by atoms with Crippen LogP contribution in [0, 0.1) is 13.8 Å². The molecule has 0 N–H and O–H groups in total. The van der Waals surface area contributed by atoms with Crippen molar-refractivity contribution in [2.45, 2.75) is 46.0 Å². The molecule has 1 aliphatic carbocycles. The molecule has 0 unspecified atom stereocenters. The van der Waals surface area contributed by atoms with Crippen molar-refractivity contribution < 1.29 is 0 Å². The zero-order valence-electron chi connectivity index (χ0n) is 12.2. The first-order valence-corrected chi connectivity index (χ1v) is 7.36. The second-order valence-corrected chi connectivity index (χ2v) is 5.41. The van der Waals surface area contributed by atoms with Gasteiger partial charge in [0.2, 0.25) is 0 Å². The van der Waals surface area contributed by atoms with Crippen LogP contribution in [0.1, 0.15) is 41.5 Å². The third kappa shape index (κ3) is 4.24. The van der Waals surface area contributed by atoms with Crippen molar-refractivity contribution in [2.75, 3.05) is 0 Å². The third-order valence-corrected chi connectivity index (χ3v) is 3.94. The Labute approximate surface area is 117 Å². The fourth-order valence-electron chi connectivity index (χ4n) is 2.52. The van der Waals surface area contributed by atoms with Gasteiger partial charge in [0.05, 0.1) is 0 Å². The summed E-state index contributed by atoms with van der Waals surface area (Å²) < 4.78 is 0. The Kier molecular flexibility index (Phi) is 5.20. The normalized spacial score (nSPS) is 13.8. The van der Waals surface area contributed by atoms with Crippen LogP contribution in [-0.4, -0.2) is 0 Å². The van der Waals surface area contributed by atoms with Crippen LogP contribution in [0.4, 0.5) is 0 Å². The number of fused-ring (bicyclic) bond motifs is 1. The molecule has 1 aliphatic rings. The number of rotatable bonds is 0. The van der Waals surface area contributed by atoms with Crippen molar-refractivity contribution in [2.24, 2.45) is 0 Å². The van der Waals surface area contributed by atoms with Gasteiger partial charge in [-0.05, 0) is 61.8 Å². The molecule has 0 aliphatic heterocycles. The van der Waals surface area contributed by atoms with Crippen LogP contribution in [0.3, 0.4) is 0 Å². The molecule has 19 heavy (non-hydrogen) atoms. The fraction of sp³-hybridized carbons (Fsp3) is 0.368. The summed E-state index contributed by atoms with van der Waals surface area (Å²) in [7, 11) is 0. The van der Waals surface area contributed by atoms with Gasteiger partial charge in [-0.15, -0.1) is 0 Å². The summed E-state index contributed by atoms with van der Waals surface area (Å²) >= 11 is 0. The molecule has 0 heterocycles. The molecule has 0 bridgehead atoms. The second kappa shape index (κ2) is 7.13. The summed E-state index contributed by atoms with van der Waals surface area (Å²) in [5, 5.41) is 0. The van der Waals surface area contributed by atoms with Gasteiger partial charge in [0.1, 0.15) is 0 Å². The van der Waals surface area contributed by atoms with Crippen LogP contribution in [0.25, 0.3) is 0 Å². The second-order valence-electron chi connectivity index (χ2n) is 5.41. The highest BCUT2D eigenvalue weighted by molar-refractivity contribution is 5.28. The Morgan fingerprint density at radius 2 is 1.00 bits per heavy atom. The molecule has 0 heteroatoms. The van der Waals surface area contributed by atoms with Crippen LogP contribution < -0.4 is 0 Å². The molecule has 0 atom stereocenters. The van der Waals surface area contributed by atoms with Gasteiger partial charge in [-0.3, -0.25) is 0 Å². The van der Waals surface area contributed by atoms with E-state index in [1.54, 1.807) is 11.1 Å². The standard InChI is InChI=1S/C11H14.C8H10/c1-2-6-10-8-4-5-9-11(10)7-3-1;1-7-5-3-4-6-8(7)2/h4-5,8-9H,1-3,6-7H2;3-6H,1-2H3. The Balaban J connectivity index is 0.000000148. The highest BCUT2D eigenvalue weighted by Crippen LogP contribution is 2.19. The maximum atomic E-state index is 2.28. The lowest BCUT2D eigenvalue weighted by Gasteiger charge is -2.02. The molecule has 0 saturated heterocycles. The first-order chi connectivity index (χ1) is 9.27. The number of hydrogen-bond acceptors (Lipinski definition) is 0. The molecule has 0 aromatic heterocycles. The summed E-state index contributed by atoms with van der Waals surface area (Å²) in [6.07, 6.45) is 6.79. The smallest absolute Gasteiger partial charge is 0.0276 e. The monoisotopic (exact) mass is 252 g/mol. The van der Waals surface area contributed by atoms with Crippen LogP contribution in [-0.2, 0) is 12.8 Å². The zero-order valence-corrected chi connectivity index (χ0v) is 12.2. The topological polar surface area (TPSA) is 0 Å². The largest absolute Gasteiger partial charge is 0.0620 e. The minimum atomic E-state index is 1.30. The van der Waals surface area contributed by atoms with E-state index in [-0.39, 0.29) is 0 Å². The minimum absolute atomic E-state index is 1.30. The summed E-state index contributed by atoms with van der Waals surface area (Å²) in [5.74, 6) is 0. The van der Waals surface area contributed by atoms with E-state index in [9.17, 15) is 0 Å². The molecule has 3 rings (SSSR count). The van der Waals surface area contributed by atoms with E-state index in [1.807, 2.05) is 0 Å². The van der Waals surface area contributed by atoms with Crippen LogP contribution in [0.5, 0.6) is 0 Å². The number of aryl methyl sites for hydroxylation is 4. The quantitative estimate of drug-likeness (QED) is 0.561. The Morgan fingerprint density at radius 3 is 1.42 bits per heavy atom. The van der Waals surface area contributed by atoms with Crippen molar-refractivity contribution in [1.82, 2.24) is 0 Å². The summed E-state index contributed by atoms with van der Waals surface area (Å²) in [4.78, 5) is 0. The van der Waals surface area contributed by atoms with E-state index in [2.05, 4.69) is 62.4 Å². The van der Waals surface area contributed by atoms with Crippen molar-refractivity contribution >= 4 is 0 Å². The number of hydrogen-bond donors (Lipinski definition) is 0. The third-order valence-electron chi connectivity index (χ3n) is 3.94. The summed E-state index contributed by atoms with van der Waals surface area (Å²) in [6.45, 7) is 4.24. The van der Waals surface area contributed by atoms with Gasteiger partial charge in [-0.2, -0.15) is 0 Å². The molecular weight excluding hydrogens is 228 g/mol. The number of benzene rings is 2. The van der Waals surface area contributed by atoms with E-state index >= 15 is 0 Å². The van der Waals surface area contributed by atoms with Gasteiger partial charge in [-0.1, -0.05) is 55.0 Å². The summed E-state index contributed by atoms with van der Waals surface area (Å²) in [5.41, 5.74) is 5.91. The molecular formula is C19H24. The van der Waals surface area contributed by atoms with Crippen molar-refractivity contribution in [1.29, 1.82) is 0 Å². The van der Waals surface area contributed by atoms with Gasteiger partial charge in [0.15, 0.2) is 0 Å². The molecule has 0 nitrogen and oxygen atoms in total. The molecule has 100 valence electrons. The van der Waals surface area contributed by atoms with Crippen molar-refractivity contribution in [3.05, 3.63) is 70.8 Å². The SMILES string of the molecule is Cc1ccccc1C.c1ccc2c(c1)CCCCC2. The lowest BCUT2D eigenvalue weighted by Crippen LogP contribution is -1.88. The van der Waals surface area contributed by atoms with Crippen LogP contribution in [0.15, 0.2) is 48.5 Å². The van der Waals surface area contributed by atoms with Gasteiger partial charge in [0.25, 0.3) is 0 Å². The van der Waals surface area contributed by atoms with Gasteiger partial charge >= 0.3 is 0 Å².